The highest BCUT2D eigenvalue weighted by molar-refractivity contribution is 6.31. The number of rotatable bonds is 3. The molecular formula is C18H17ClN2O2. The number of carbonyl (C=O) groups is 2. The first-order valence-corrected chi connectivity index (χ1v) is 7.91. The number of carbonyl (C=O) groups excluding carboxylic acids is 2. The van der Waals surface area contributed by atoms with Gasteiger partial charge in [-0.05, 0) is 43.2 Å². The number of benzene rings is 2. The monoisotopic (exact) mass is 328 g/mol. The minimum atomic E-state index is -0.245. The van der Waals surface area contributed by atoms with Gasteiger partial charge in [0.1, 0.15) is 0 Å². The van der Waals surface area contributed by atoms with Gasteiger partial charge >= 0.3 is 0 Å². The molecule has 0 saturated carbocycles. The van der Waals surface area contributed by atoms with Crippen LogP contribution in [0.4, 0.5) is 11.4 Å². The largest absolute Gasteiger partial charge is 0.322 e. The lowest BCUT2D eigenvalue weighted by Crippen LogP contribution is -2.27. The molecule has 23 heavy (non-hydrogen) atoms. The highest BCUT2D eigenvalue weighted by atomic mass is 35.5. The van der Waals surface area contributed by atoms with Crippen molar-refractivity contribution < 1.29 is 9.59 Å². The summed E-state index contributed by atoms with van der Waals surface area (Å²) in [7, 11) is 0. The Balaban J connectivity index is 1.94. The van der Waals surface area contributed by atoms with Crippen molar-refractivity contribution in [2.75, 3.05) is 16.8 Å². The van der Waals surface area contributed by atoms with E-state index in [0.29, 0.717) is 29.2 Å². The van der Waals surface area contributed by atoms with E-state index in [1.165, 1.54) is 0 Å². The van der Waals surface area contributed by atoms with Crippen molar-refractivity contribution in [3.8, 4) is 0 Å². The molecule has 1 aliphatic heterocycles. The van der Waals surface area contributed by atoms with Crippen LogP contribution < -0.4 is 10.2 Å². The molecule has 5 heteroatoms. The van der Waals surface area contributed by atoms with Crippen LogP contribution in [-0.4, -0.2) is 18.4 Å². The van der Waals surface area contributed by atoms with Crippen LogP contribution in [0, 0.1) is 6.92 Å². The highest BCUT2D eigenvalue weighted by Crippen LogP contribution is 2.29. The highest BCUT2D eigenvalue weighted by Gasteiger charge is 2.26. The molecule has 1 saturated heterocycles. The van der Waals surface area contributed by atoms with Gasteiger partial charge in [0.15, 0.2) is 0 Å². The van der Waals surface area contributed by atoms with Crippen molar-refractivity contribution in [1.82, 2.24) is 0 Å². The van der Waals surface area contributed by atoms with Crippen LogP contribution in [0.25, 0.3) is 0 Å². The summed E-state index contributed by atoms with van der Waals surface area (Å²) in [5, 5.41) is 3.41. The van der Waals surface area contributed by atoms with Gasteiger partial charge in [0, 0.05) is 23.7 Å². The third-order valence-corrected chi connectivity index (χ3v) is 4.20. The van der Waals surface area contributed by atoms with E-state index >= 15 is 0 Å². The molecule has 1 aliphatic rings. The standard InChI is InChI=1S/C18H17ClN2O2/c1-12-5-2-3-6-15(12)20-18(23)14-9-8-13(19)11-16(14)21-10-4-7-17(21)22/h2-3,5-6,8-9,11H,4,7,10H2,1H3,(H,20,23). The van der Waals surface area contributed by atoms with Crippen molar-refractivity contribution in [2.45, 2.75) is 19.8 Å². The van der Waals surface area contributed by atoms with Gasteiger partial charge in [-0.25, -0.2) is 0 Å². The van der Waals surface area contributed by atoms with Gasteiger partial charge in [-0.15, -0.1) is 0 Å². The summed E-state index contributed by atoms with van der Waals surface area (Å²) < 4.78 is 0. The summed E-state index contributed by atoms with van der Waals surface area (Å²) in [5.74, 6) is -0.220. The van der Waals surface area contributed by atoms with Crippen molar-refractivity contribution in [3.63, 3.8) is 0 Å². The van der Waals surface area contributed by atoms with E-state index in [2.05, 4.69) is 5.32 Å². The molecule has 0 unspecified atom stereocenters. The Hall–Kier alpha value is -2.33. The number of hydrogen-bond donors (Lipinski definition) is 1. The van der Waals surface area contributed by atoms with Crippen LogP contribution in [0.2, 0.25) is 5.02 Å². The summed E-state index contributed by atoms with van der Waals surface area (Å²) >= 11 is 6.06. The third-order valence-electron chi connectivity index (χ3n) is 3.96. The van der Waals surface area contributed by atoms with Crippen LogP contribution >= 0.6 is 11.6 Å². The lowest BCUT2D eigenvalue weighted by Gasteiger charge is -2.20. The average molecular weight is 329 g/mol. The lowest BCUT2D eigenvalue weighted by molar-refractivity contribution is -0.117. The molecule has 4 nitrogen and oxygen atoms in total. The van der Waals surface area contributed by atoms with Gasteiger partial charge in [-0.1, -0.05) is 29.8 Å². The molecule has 0 aliphatic carbocycles. The Morgan fingerprint density at radius 1 is 1.22 bits per heavy atom. The predicted octanol–water partition coefficient (Wildman–Crippen LogP) is 4.03. The Kier molecular flexibility index (Phi) is 4.35. The van der Waals surface area contributed by atoms with Crippen molar-refractivity contribution >= 4 is 34.8 Å². The second kappa shape index (κ2) is 6.42. The molecular weight excluding hydrogens is 312 g/mol. The number of para-hydroxylation sites is 1. The van der Waals surface area contributed by atoms with E-state index in [9.17, 15) is 9.59 Å². The first kappa shape index (κ1) is 15.6. The number of amides is 2. The van der Waals surface area contributed by atoms with Crippen molar-refractivity contribution in [1.29, 1.82) is 0 Å². The summed E-state index contributed by atoms with van der Waals surface area (Å²) in [6, 6.07) is 12.6. The molecule has 1 fully saturated rings. The average Bonchev–Trinajstić information content (AvgIpc) is 2.95. The smallest absolute Gasteiger partial charge is 0.257 e. The SMILES string of the molecule is Cc1ccccc1NC(=O)c1ccc(Cl)cc1N1CCCC1=O. The van der Waals surface area contributed by atoms with Crippen LogP contribution in [0.15, 0.2) is 42.5 Å². The minimum absolute atomic E-state index is 0.0252. The molecule has 0 bridgehead atoms. The minimum Gasteiger partial charge on any atom is -0.322 e. The second-order valence-corrected chi connectivity index (χ2v) is 6.02. The molecule has 1 heterocycles. The molecule has 3 rings (SSSR count). The van der Waals surface area contributed by atoms with Crippen LogP contribution in [0.1, 0.15) is 28.8 Å². The number of aryl methyl sites for hydroxylation is 1. The second-order valence-electron chi connectivity index (χ2n) is 5.58. The Morgan fingerprint density at radius 2 is 2.00 bits per heavy atom. The first-order chi connectivity index (χ1) is 11.1. The molecule has 0 atom stereocenters. The van der Waals surface area contributed by atoms with Gasteiger partial charge in [-0.3, -0.25) is 9.59 Å². The van der Waals surface area contributed by atoms with Crippen LogP contribution in [0.5, 0.6) is 0 Å². The summed E-state index contributed by atoms with van der Waals surface area (Å²) in [5.41, 5.74) is 2.76. The third kappa shape index (κ3) is 3.22. The molecule has 0 spiro atoms. The molecule has 118 valence electrons. The van der Waals surface area contributed by atoms with E-state index in [1.807, 2.05) is 31.2 Å². The number of anilines is 2. The maximum Gasteiger partial charge on any atom is 0.257 e. The number of nitrogens with zero attached hydrogens (tertiary/aromatic N) is 1. The predicted molar refractivity (Wildman–Crippen MR) is 92.2 cm³/mol. The fraction of sp³-hybridized carbons (Fsp3) is 0.222. The number of nitrogens with one attached hydrogen (secondary N) is 1. The molecule has 2 amide bonds. The van der Waals surface area contributed by atoms with E-state index in [4.69, 9.17) is 11.6 Å². The van der Waals surface area contributed by atoms with Gasteiger partial charge in [0.25, 0.3) is 5.91 Å². The Labute approximate surface area is 140 Å². The van der Waals surface area contributed by atoms with Gasteiger partial charge in [-0.2, -0.15) is 0 Å². The zero-order chi connectivity index (χ0) is 16.4. The van der Waals surface area contributed by atoms with Crippen LogP contribution in [-0.2, 0) is 4.79 Å². The number of halogens is 1. The quantitative estimate of drug-likeness (QED) is 0.924. The molecule has 0 aromatic heterocycles. The first-order valence-electron chi connectivity index (χ1n) is 7.53. The number of hydrogen-bond acceptors (Lipinski definition) is 2. The normalized spacial score (nSPS) is 14.2. The Bertz CT molecular complexity index is 773. The van der Waals surface area contributed by atoms with Gasteiger partial charge < -0.3 is 10.2 Å². The topological polar surface area (TPSA) is 49.4 Å². The molecule has 1 N–H and O–H groups in total. The fourth-order valence-corrected chi connectivity index (χ4v) is 2.89. The zero-order valence-corrected chi connectivity index (χ0v) is 13.6. The fourth-order valence-electron chi connectivity index (χ4n) is 2.73. The van der Waals surface area contributed by atoms with E-state index < -0.39 is 0 Å². The Morgan fingerprint density at radius 3 is 2.70 bits per heavy atom. The van der Waals surface area contributed by atoms with Crippen LogP contribution in [0.3, 0.4) is 0 Å². The zero-order valence-electron chi connectivity index (χ0n) is 12.8. The van der Waals surface area contributed by atoms with Crippen molar-refractivity contribution in [3.05, 3.63) is 58.6 Å². The van der Waals surface area contributed by atoms with Gasteiger partial charge in [0.05, 0.1) is 11.3 Å². The van der Waals surface area contributed by atoms with E-state index in [-0.39, 0.29) is 11.8 Å². The van der Waals surface area contributed by atoms with Gasteiger partial charge in [0.2, 0.25) is 5.91 Å². The van der Waals surface area contributed by atoms with Crippen molar-refractivity contribution in [2.24, 2.45) is 0 Å². The molecule has 2 aromatic carbocycles. The summed E-state index contributed by atoms with van der Waals surface area (Å²) in [6.07, 6.45) is 1.30. The summed E-state index contributed by atoms with van der Waals surface area (Å²) in [6.45, 7) is 2.55. The maximum absolute atomic E-state index is 12.7. The lowest BCUT2D eigenvalue weighted by atomic mass is 10.1. The van der Waals surface area contributed by atoms with E-state index in [0.717, 1.165) is 17.7 Å². The van der Waals surface area contributed by atoms with E-state index in [1.54, 1.807) is 23.1 Å². The summed E-state index contributed by atoms with van der Waals surface area (Å²) in [4.78, 5) is 26.3. The molecule has 2 aromatic rings. The maximum atomic E-state index is 12.7. The molecule has 0 radical (unpaired) electrons.